The lowest BCUT2D eigenvalue weighted by atomic mass is 9.90. The zero-order chi connectivity index (χ0) is 25.4. The Morgan fingerprint density at radius 2 is 1.75 bits per heavy atom. The Morgan fingerprint density at radius 3 is 2.42 bits per heavy atom. The fourth-order valence-corrected chi connectivity index (χ4v) is 6.16. The van der Waals surface area contributed by atoms with E-state index in [9.17, 15) is 17.6 Å². The van der Waals surface area contributed by atoms with Crippen LogP contribution < -0.4 is 5.56 Å². The van der Waals surface area contributed by atoms with Gasteiger partial charge >= 0.3 is 0 Å². The fourth-order valence-electron chi connectivity index (χ4n) is 5.02. The first-order valence-electron chi connectivity index (χ1n) is 12.2. The quantitative estimate of drug-likeness (QED) is 0.551. The first kappa shape index (κ1) is 24.6. The smallest absolute Gasteiger partial charge is 0.281 e. The monoisotopic (exact) mass is 511 g/mol. The van der Waals surface area contributed by atoms with Gasteiger partial charge in [0.15, 0.2) is 0 Å². The SMILES string of the molecule is CN(C)S(=O)(=O)N1CCC(c2[nH]n(C3=Nc4ccccc4C3)c(=O)c2CCc2ccc(F)cc2)CC1. The van der Waals surface area contributed by atoms with Crippen molar-refractivity contribution < 1.29 is 12.8 Å². The molecule has 3 heterocycles. The average Bonchev–Trinajstić information content (AvgIpc) is 3.44. The number of hydrogen-bond donors (Lipinski definition) is 1. The third-order valence-electron chi connectivity index (χ3n) is 7.09. The predicted octanol–water partition coefficient (Wildman–Crippen LogP) is 3.22. The van der Waals surface area contributed by atoms with Crippen LogP contribution in [0.25, 0.3) is 0 Å². The molecule has 36 heavy (non-hydrogen) atoms. The summed E-state index contributed by atoms with van der Waals surface area (Å²) in [7, 11) is -0.403. The Kier molecular flexibility index (Phi) is 6.67. The maximum atomic E-state index is 13.6. The molecule has 0 bridgehead atoms. The number of nitrogens with zero attached hydrogens (tertiary/aromatic N) is 4. The summed E-state index contributed by atoms with van der Waals surface area (Å²) in [5.74, 6) is 0.393. The van der Waals surface area contributed by atoms with Crippen molar-refractivity contribution in [2.75, 3.05) is 27.2 Å². The van der Waals surface area contributed by atoms with E-state index < -0.39 is 10.2 Å². The van der Waals surface area contributed by atoms with Crippen molar-refractivity contribution in [1.82, 2.24) is 18.4 Å². The maximum absolute atomic E-state index is 13.6. The van der Waals surface area contributed by atoms with Crippen molar-refractivity contribution in [2.24, 2.45) is 4.99 Å². The molecule has 0 radical (unpaired) electrons. The number of rotatable bonds is 6. The van der Waals surface area contributed by atoms with Gasteiger partial charge in [0.1, 0.15) is 11.7 Å². The summed E-state index contributed by atoms with van der Waals surface area (Å²) in [4.78, 5) is 18.3. The van der Waals surface area contributed by atoms with Gasteiger partial charge in [0.25, 0.3) is 15.8 Å². The molecular weight excluding hydrogens is 481 g/mol. The van der Waals surface area contributed by atoms with E-state index in [-0.39, 0.29) is 17.3 Å². The Morgan fingerprint density at radius 1 is 1.06 bits per heavy atom. The lowest BCUT2D eigenvalue weighted by molar-refractivity contribution is 0.299. The number of hydrogen-bond acceptors (Lipinski definition) is 4. The van der Waals surface area contributed by atoms with Gasteiger partial charge in [-0.1, -0.05) is 30.3 Å². The van der Waals surface area contributed by atoms with Crippen LogP contribution in [-0.4, -0.2) is 59.8 Å². The summed E-state index contributed by atoms with van der Waals surface area (Å²) in [5, 5.41) is 3.35. The highest BCUT2D eigenvalue weighted by molar-refractivity contribution is 7.86. The molecule has 2 aromatic carbocycles. The highest BCUT2D eigenvalue weighted by Gasteiger charge is 2.33. The topological polar surface area (TPSA) is 90.8 Å². The van der Waals surface area contributed by atoms with Crippen LogP contribution in [0.5, 0.6) is 0 Å². The summed E-state index contributed by atoms with van der Waals surface area (Å²) >= 11 is 0. The van der Waals surface area contributed by atoms with Gasteiger partial charge in [-0.2, -0.15) is 17.0 Å². The van der Waals surface area contributed by atoms with Gasteiger partial charge in [-0.15, -0.1) is 0 Å². The second-order valence-corrected chi connectivity index (χ2v) is 11.7. The number of aryl methyl sites for hydroxylation is 1. The Labute approximate surface area is 210 Å². The Hall–Kier alpha value is -3.08. The van der Waals surface area contributed by atoms with Gasteiger partial charge in [-0.3, -0.25) is 9.89 Å². The van der Waals surface area contributed by atoms with Crippen LogP contribution in [-0.2, 0) is 29.5 Å². The van der Waals surface area contributed by atoms with Gasteiger partial charge in [-0.05, 0) is 55.0 Å². The summed E-state index contributed by atoms with van der Waals surface area (Å²) in [6.45, 7) is 0.782. The summed E-state index contributed by atoms with van der Waals surface area (Å²) < 4.78 is 42.8. The average molecular weight is 512 g/mol. The number of aromatic nitrogens is 2. The molecule has 0 spiro atoms. The first-order chi connectivity index (χ1) is 17.2. The molecule has 0 amide bonds. The molecule has 0 saturated carbocycles. The van der Waals surface area contributed by atoms with Crippen LogP contribution >= 0.6 is 0 Å². The lowest BCUT2D eigenvalue weighted by Crippen LogP contribution is -2.44. The van der Waals surface area contributed by atoms with Crippen LogP contribution in [0, 0.1) is 5.82 Å². The molecule has 2 aliphatic heterocycles. The third kappa shape index (κ3) is 4.68. The Balaban J connectivity index is 1.44. The van der Waals surface area contributed by atoms with E-state index >= 15 is 0 Å². The minimum atomic E-state index is -3.47. The van der Waals surface area contributed by atoms with Gasteiger partial charge in [-0.25, -0.2) is 14.1 Å². The van der Waals surface area contributed by atoms with Crippen molar-refractivity contribution >= 4 is 21.7 Å². The lowest BCUT2D eigenvalue weighted by Gasteiger charge is -2.32. The number of halogens is 1. The normalized spacial score (nSPS) is 16.9. The molecule has 0 atom stereocenters. The van der Waals surface area contributed by atoms with Crippen molar-refractivity contribution in [2.45, 2.75) is 38.0 Å². The summed E-state index contributed by atoms with van der Waals surface area (Å²) in [6, 6.07) is 14.2. The highest BCUT2D eigenvalue weighted by Crippen LogP contribution is 2.31. The molecule has 1 aromatic heterocycles. The molecule has 0 aliphatic carbocycles. The van der Waals surface area contributed by atoms with Crippen molar-refractivity contribution in [3.8, 4) is 0 Å². The molecule has 1 fully saturated rings. The molecule has 3 aromatic rings. The molecule has 1 N–H and O–H groups in total. The van der Waals surface area contributed by atoms with E-state index in [4.69, 9.17) is 0 Å². The zero-order valence-electron chi connectivity index (χ0n) is 20.4. The second-order valence-electron chi connectivity index (χ2n) is 9.57. The molecule has 8 nitrogen and oxygen atoms in total. The van der Waals surface area contributed by atoms with E-state index in [0.717, 1.165) is 22.5 Å². The number of piperidine rings is 1. The van der Waals surface area contributed by atoms with E-state index in [0.29, 0.717) is 56.6 Å². The first-order valence-corrected chi connectivity index (χ1v) is 13.6. The fraction of sp³-hybridized carbons (Fsp3) is 0.385. The van der Waals surface area contributed by atoms with Gasteiger partial charge in [0.2, 0.25) is 0 Å². The molecular formula is C26H30FN5O3S. The molecule has 0 unspecified atom stereocenters. The van der Waals surface area contributed by atoms with E-state index in [1.54, 1.807) is 16.8 Å². The second kappa shape index (κ2) is 9.76. The van der Waals surface area contributed by atoms with Crippen molar-refractivity contribution in [3.05, 3.63) is 87.1 Å². The van der Waals surface area contributed by atoms with Crippen LogP contribution in [0.15, 0.2) is 58.3 Å². The van der Waals surface area contributed by atoms with E-state index in [2.05, 4.69) is 10.1 Å². The Bertz CT molecular complexity index is 1450. The van der Waals surface area contributed by atoms with Gasteiger partial charge in [0, 0.05) is 50.8 Å². The standard InChI is InChI=1S/C26H30FN5O3S/c1-30(2)36(34,35)31-15-13-19(14-16-31)25-22(12-9-18-7-10-21(27)11-8-18)26(33)32(29-25)24-17-20-5-3-4-6-23(20)28-24/h3-8,10-11,19,29H,9,12-17H2,1-2H3. The van der Waals surface area contributed by atoms with Crippen LogP contribution in [0.4, 0.5) is 10.1 Å². The van der Waals surface area contributed by atoms with E-state index in [1.807, 2.05) is 24.3 Å². The minimum absolute atomic E-state index is 0.0279. The molecule has 2 aliphatic rings. The summed E-state index contributed by atoms with van der Waals surface area (Å²) in [5.41, 5.74) is 4.31. The number of H-pyrrole nitrogens is 1. The molecule has 1 saturated heterocycles. The zero-order valence-corrected chi connectivity index (χ0v) is 21.3. The van der Waals surface area contributed by atoms with Crippen LogP contribution in [0.3, 0.4) is 0 Å². The van der Waals surface area contributed by atoms with Crippen molar-refractivity contribution in [3.63, 3.8) is 0 Å². The largest absolute Gasteiger partial charge is 0.293 e. The van der Waals surface area contributed by atoms with Gasteiger partial charge in [0.05, 0.1) is 5.69 Å². The maximum Gasteiger partial charge on any atom is 0.281 e. The molecule has 190 valence electrons. The predicted molar refractivity (Wildman–Crippen MR) is 138 cm³/mol. The summed E-state index contributed by atoms with van der Waals surface area (Å²) in [6.07, 6.45) is 2.89. The number of para-hydroxylation sites is 1. The third-order valence-corrected chi connectivity index (χ3v) is 9.03. The molecule has 5 rings (SSSR count). The number of benzene rings is 2. The van der Waals surface area contributed by atoms with Crippen LogP contribution in [0.2, 0.25) is 0 Å². The number of nitrogens with one attached hydrogen (secondary N) is 1. The van der Waals surface area contributed by atoms with Crippen LogP contribution in [0.1, 0.15) is 41.1 Å². The van der Waals surface area contributed by atoms with E-state index in [1.165, 1.54) is 34.8 Å². The van der Waals surface area contributed by atoms with Gasteiger partial charge < -0.3 is 0 Å². The number of fused-ring (bicyclic) bond motifs is 1. The minimum Gasteiger partial charge on any atom is -0.293 e. The highest BCUT2D eigenvalue weighted by atomic mass is 32.2. The van der Waals surface area contributed by atoms with Crippen molar-refractivity contribution in [1.29, 1.82) is 0 Å². The number of aromatic amines is 1. The number of aliphatic imine (C=N–C) groups is 1. The molecule has 10 heteroatoms.